The topological polar surface area (TPSA) is 87.9 Å². The van der Waals surface area contributed by atoms with Crippen molar-refractivity contribution in [2.24, 2.45) is 5.73 Å². The van der Waals surface area contributed by atoms with Gasteiger partial charge < -0.3 is 10.5 Å². The van der Waals surface area contributed by atoms with Crippen LogP contribution in [0.25, 0.3) is 0 Å². The molecule has 6 heteroatoms. The lowest BCUT2D eigenvalue weighted by Gasteiger charge is -2.27. The third kappa shape index (κ3) is 6.91. The molecule has 0 aliphatic carbocycles. The van der Waals surface area contributed by atoms with E-state index in [4.69, 9.17) is 10.5 Å². The average molecular weight is 247 g/mol. The van der Waals surface area contributed by atoms with Crippen molar-refractivity contribution in [2.75, 3.05) is 6.61 Å². The predicted molar refractivity (Wildman–Crippen MR) is 60.8 cm³/mol. The summed E-state index contributed by atoms with van der Waals surface area (Å²) in [7, 11) is 0. The second-order valence-electron chi connectivity index (χ2n) is 4.99. The SMILES string of the molecule is CCC(=O)OOCC(C)(N)C(=O)OC(C)(C)C. The summed E-state index contributed by atoms with van der Waals surface area (Å²) in [5, 5.41) is 0. The molecule has 0 aliphatic heterocycles. The Labute approximate surface area is 101 Å². The summed E-state index contributed by atoms with van der Waals surface area (Å²) in [6, 6.07) is 0. The van der Waals surface area contributed by atoms with Gasteiger partial charge in [-0.25, -0.2) is 9.59 Å². The Bertz CT molecular complexity index is 280. The van der Waals surface area contributed by atoms with Crippen LogP contribution >= 0.6 is 0 Å². The smallest absolute Gasteiger partial charge is 0.342 e. The predicted octanol–water partition coefficient (Wildman–Crippen LogP) is 0.930. The summed E-state index contributed by atoms with van der Waals surface area (Å²) in [5.41, 5.74) is 3.72. The normalized spacial score (nSPS) is 14.9. The fraction of sp³-hybridized carbons (Fsp3) is 0.818. The molecule has 0 heterocycles. The van der Waals surface area contributed by atoms with E-state index in [1.54, 1.807) is 27.7 Å². The summed E-state index contributed by atoms with van der Waals surface area (Å²) in [5.74, 6) is -1.14. The van der Waals surface area contributed by atoms with E-state index in [-0.39, 0.29) is 13.0 Å². The molecule has 0 saturated heterocycles. The van der Waals surface area contributed by atoms with Gasteiger partial charge in [0.2, 0.25) is 0 Å². The maximum atomic E-state index is 11.7. The number of carbonyl (C=O) groups is 2. The second-order valence-corrected chi connectivity index (χ2v) is 4.99. The van der Waals surface area contributed by atoms with Gasteiger partial charge in [-0.2, -0.15) is 4.89 Å². The number of nitrogens with two attached hydrogens (primary N) is 1. The third-order valence-electron chi connectivity index (χ3n) is 1.66. The Hall–Kier alpha value is -1.14. The van der Waals surface area contributed by atoms with Gasteiger partial charge in [-0.05, 0) is 27.7 Å². The molecule has 0 aromatic heterocycles. The van der Waals surface area contributed by atoms with E-state index >= 15 is 0 Å². The summed E-state index contributed by atoms with van der Waals surface area (Å²) in [4.78, 5) is 31.4. The van der Waals surface area contributed by atoms with Crippen molar-refractivity contribution in [2.45, 2.75) is 52.2 Å². The first kappa shape index (κ1) is 15.9. The average Bonchev–Trinajstić information content (AvgIpc) is 2.14. The zero-order chi connectivity index (χ0) is 13.7. The van der Waals surface area contributed by atoms with Crippen LogP contribution in [-0.4, -0.2) is 29.7 Å². The molecule has 0 aliphatic rings. The summed E-state index contributed by atoms with van der Waals surface area (Å²) in [6.07, 6.45) is 0.188. The largest absolute Gasteiger partial charge is 0.459 e. The van der Waals surface area contributed by atoms with Crippen LogP contribution in [0.15, 0.2) is 0 Å². The van der Waals surface area contributed by atoms with Gasteiger partial charge in [0.25, 0.3) is 0 Å². The van der Waals surface area contributed by atoms with Crippen LogP contribution in [-0.2, 0) is 24.1 Å². The van der Waals surface area contributed by atoms with E-state index in [9.17, 15) is 9.59 Å². The molecule has 1 unspecified atom stereocenters. The van der Waals surface area contributed by atoms with Gasteiger partial charge in [0.05, 0.1) is 0 Å². The van der Waals surface area contributed by atoms with Crippen LogP contribution in [0.2, 0.25) is 0 Å². The quantitative estimate of drug-likeness (QED) is 0.441. The molecule has 0 saturated carbocycles. The van der Waals surface area contributed by atoms with Gasteiger partial charge >= 0.3 is 11.9 Å². The number of esters is 1. The second kappa shape index (κ2) is 5.97. The molecule has 0 rings (SSSR count). The van der Waals surface area contributed by atoms with Crippen molar-refractivity contribution in [3.8, 4) is 0 Å². The molecular formula is C11H21NO5. The van der Waals surface area contributed by atoms with Crippen LogP contribution in [0, 0.1) is 0 Å². The minimum Gasteiger partial charge on any atom is -0.459 e. The Balaban J connectivity index is 4.19. The zero-order valence-corrected chi connectivity index (χ0v) is 11.0. The van der Waals surface area contributed by atoms with Gasteiger partial charge in [-0.1, -0.05) is 6.92 Å². The van der Waals surface area contributed by atoms with Crippen LogP contribution in [0.5, 0.6) is 0 Å². The van der Waals surface area contributed by atoms with Gasteiger partial charge in [0.15, 0.2) is 0 Å². The molecule has 0 amide bonds. The van der Waals surface area contributed by atoms with Crippen molar-refractivity contribution in [3.05, 3.63) is 0 Å². The minimum atomic E-state index is -1.36. The highest BCUT2D eigenvalue weighted by atomic mass is 17.2. The molecule has 2 N–H and O–H groups in total. The summed E-state index contributed by atoms with van der Waals surface area (Å²) < 4.78 is 5.10. The number of hydrogen-bond donors (Lipinski definition) is 1. The standard InChI is InChI=1S/C11H21NO5/c1-6-8(13)17-15-7-11(5,12)9(14)16-10(2,3)4/h6-7,12H2,1-5H3. The Morgan fingerprint density at radius 3 is 2.12 bits per heavy atom. The van der Waals surface area contributed by atoms with Gasteiger partial charge in [0.1, 0.15) is 17.7 Å². The van der Waals surface area contributed by atoms with Crippen molar-refractivity contribution < 1.29 is 24.1 Å². The highest BCUT2D eigenvalue weighted by molar-refractivity contribution is 5.80. The van der Waals surface area contributed by atoms with E-state index in [0.29, 0.717) is 0 Å². The molecular weight excluding hydrogens is 226 g/mol. The molecule has 1 atom stereocenters. The van der Waals surface area contributed by atoms with Crippen LogP contribution < -0.4 is 5.73 Å². The maximum absolute atomic E-state index is 11.7. The molecule has 0 bridgehead atoms. The number of ether oxygens (including phenoxy) is 1. The molecule has 0 aromatic carbocycles. The van der Waals surface area contributed by atoms with Gasteiger partial charge in [-0.3, -0.25) is 4.89 Å². The maximum Gasteiger partial charge on any atom is 0.342 e. The number of rotatable bonds is 5. The van der Waals surface area contributed by atoms with Gasteiger partial charge in [0, 0.05) is 6.42 Å². The zero-order valence-electron chi connectivity index (χ0n) is 11.0. The molecule has 17 heavy (non-hydrogen) atoms. The highest BCUT2D eigenvalue weighted by Gasteiger charge is 2.34. The van der Waals surface area contributed by atoms with E-state index in [1.165, 1.54) is 6.92 Å². The lowest BCUT2D eigenvalue weighted by molar-refractivity contribution is -0.279. The molecule has 100 valence electrons. The first-order valence-electron chi connectivity index (χ1n) is 5.43. The van der Waals surface area contributed by atoms with Crippen molar-refractivity contribution in [1.82, 2.24) is 0 Å². The fourth-order valence-electron chi connectivity index (χ4n) is 0.730. The van der Waals surface area contributed by atoms with Crippen molar-refractivity contribution >= 4 is 11.9 Å². The molecule has 0 aromatic rings. The Morgan fingerprint density at radius 1 is 1.18 bits per heavy atom. The van der Waals surface area contributed by atoms with E-state index in [0.717, 1.165) is 0 Å². The minimum absolute atomic E-state index is 0.188. The van der Waals surface area contributed by atoms with Crippen LogP contribution in [0.1, 0.15) is 41.0 Å². The Morgan fingerprint density at radius 2 is 1.71 bits per heavy atom. The van der Waals surface area contributed by atoms with Gasteiger partial charge in [-0.15, -0.1) is 0 Å². The Kier molecular flexibility index (Phi) is 5.57. The fourth-order valence-corrected chi connectivity index (χ4v) is 0.730. The molecule has 6 nitrogen and oxygen atoms in total. The van der Waals surface area contributed by atoms with Crippen molar-refractivity contribution in [3.63, 3.8) is 0 Å². The lowest BCUT2D eigenvalue weighted by Crippen LogP contribution is -2.52. The first-order valence-corrected chi connectivity index (χ1v) is 5.43. The molecule has 0 fully saturated rings. The van der Waals surface area contributed by atoms with Crippen LogP contribution in [0.3, 0.4) is 0 Å². The summed E-state index contributed by atoms with van der Waals surface area (Å²) in [6.45, 7) is 8.02. The monoisotopic (exact) mass is 247 g/mol. The molecule has 0 spiro atoms. The molecule has 0 radical (unpaired) electrons. The van der Waals surface area contributed by atoms with E-state index in [1.807, 2.05) is 0 Å². The van der Waals surface area contributed by atoms with Crippen molar-refractivity contribution in [1.29, 1.82) is 0 Å². The van der Waals surface area contributed by atoms with Crippen LogP contribution in [0.4, 0.5) is 0 Å². The lowest BCUT2D eigenvalue weighted by atomic mass is 10.1. The first-order chi connectivity index (χ1) is 7.58. The summed E-state index contributed by atoms with van der Waals surface area (Å²) >= 11 is 0. The highest BCUT2D eigenvalue weighted by Crippen LogP contribution is 2.13. The number of carbonyl (C=O) groups excluding carboxylic acids is 2. The number of hydrogen-bond acceptors (Lipinski definition) is 6. The third-order valence-corrected chi connectivity index (χ3v) is 1.66. The van der Waals surface area contributed by atoms with E-state index in [2.05, 4.69) is 9.78 Å². The van der Waals surface area contributed by atoms with E-state index < -0.39 is 23.1 Å².